The standard InChI is InChI=1S/C35H34BrClN2O7S/c1-6-43-28-15-21(13-14-26(28)46-19-22-11-9-10-12-25(22)37)16-30-33(40)39-32(23-17-27(42-5)29(44-7-2)18-24(23)36)31(34(41)45-8-3)20(4)38-35(39)47-30/h9-18,32H,6-8,19H2,1-5H3/b30-16+/t32-/m1/s1. The molecule has 0 amide bonds. The SMILES string of the molecule is CCOC(=O)C1=C(C)N=c2s/c(=C/c3ccc(OCc4ccccc4Cl)c(OCC)c3)c(=O)n2[C@@H]1c1cc(OC)c(OCC)cc1Br. The van der Waals surface area contributed by atoms with Crippen molar-refractivity contribution in [2.75, 3.05) is 26.9 Å². The molecule has 246 valence electrons. The third-order valence-electron chi connectivity index (χ3n) is 7.30. The molecule has 12 heteroatoms. The first kappa shape index (κ1) is 34.3. The first-order valence-electron chi connectivity index (χ1n) is 15.0. The van der Waals surface area contributed by atoms with E-state index >= 15 is 0 Å². The highest BCUT2D eigenvalue weighted by Gasteiger charge is 2.35. The van der Waals surface area contributed by atoms with Crippen molar-refractivity contribution in [3.05, 3.63) is 112 Å². The Balaban J connectivity index is 1.61. The number of fused-ring (bicyclic) bond motifs is 1. The lowest BCUT2D eigenvalue weighted by molar-refractivity contribution is -0.139. The smallest absolute Gasteiger partial charge is 0.338 e. The van der Waals surface area contributed by atoms with Crippen molar-refractivity contribution in [2.45, 2.75) is 40.3 Å². The number of esters is 1. The molecule has 0 bridgehead atoms. The number of methoxy groups -OCH3 is 1. The fourth-order valence-electron chi connectivity index (χ4n) is 5.20. The molecule has 5 rings (SSSR count). The molecule has 47 heavy (non-hydrogen) atoms. The summed E-state index contributed by atoms with van der Waals surface area (Å²) in [7, 11) is 1.54. The zero-order chi connectivity index (χ0) is 33.7. The minimum atomic E-state index is -0.842. The van der Waals surface area contributed by atoms with Gasteiger partial charge < -0.3 is 23.7 Å². The van der Waals surface area contributed by atoms with Gasteiger partial charge >= 0.3 is 5.97 Å². The molecule has 9 nitrogen and oxygen atoms in total. The lowest BCUT2D eigenvalue weighted by Gasteiger charge is -2.26. The average molecular weight is 742 g/mol. The van der Waals surface area contributed by atoms with Gasteiger partial charge in [-0.2, -0.15) is 0 Å². The Morgan fingerprint density at radius 3 is 2.38 bits per heavy atom. The molecule has 4 aromatic rings. The number of ether oxygens (including phenoxy) is 5. The Labute approximate surface area is 289 Å². The highest BCUT2D eigenvalue weighted by Crippen LogP contribution is 2.41. The second-order valence-corrected chi connectivity index (χ2v) is 12.5. The van der Waals surface area contributed by atoms with E-state index in [0.29, 0.717) is 66.3 Å². The van der Waals surface area contributed by atoms with Crippen LogP contribution in [-0.4, -0.2) is 37.5 Å². The number of hydrogen-bond donors (Lipinski definition) is 0. The van der Waals surface area contributed by atoms with E-state index in [-0.39, 0.29) is 24.3 Å². The summed E-state index contributed by atoms with van der Waals surface area (Å²) in [6.45, 7) is 8.54. The molecule has 0 radical (unpaired) electrons. The maximum Gasteiger partial charge on any atom is 0.338 e. The molecule has 1 atom stereocenters. The Morgan fingerprint density at radius 2 is 1.70 bits per heavy atom. The van der Waals surface area contributed by atoms with Gasteiger partial charge in [-0.3, -0.25) is 9.36 Å². The van der Waals surface area contributed by atoms with Crippen LogP contribution in [0.2, 0.25) is 5.02 Å². The molecule has 1 aliphatic heterocycles. The van der Waals surface area contributed by atoms with Crippen molar-refractivity contribution in [2.24, 2.45) is 4.99 Å². The van der Waals surface area contributed by atoms with Crippen LogP contribution in [0, 0.1) is 0 Å². The first-order valence-corrected chi connectivity index (χ1v) is 17.0. The minimum Gasteiger partial charge on any atom is -0.493 e. The van der Waals surface area contributed by atoms with Gasteiger partial charge in [0.2, 0.25) is 0 Å². The van der Waals surface area contributed by atoms with E-state index in [1.165, 1.54) is 23.0 Å². The number of hydrogen-bond acceptors (Lipinski definition) is 9. The van der Waals surface area contributed by atoms with Crippen molar-refractivity contribution < 1.29 is 28.5 Å². The summed E-state index contributed by atoms with van der Waals surface area (Å²) < 4.78 is 31.4. The Hall–Kier alpha value is -4.06. The van der Waals surface area contributed by atoms with Crippen LogP contribution in [0.15, 0.2) is 80.1 Å². The Kier molecular flexibility index (Phi) is 11.1. The summed E-state index contributed by atoms with van der Waals surface area (Å²) in [5.74, 6) is 1.52. The van der Waals surface area contributed by atoms with Gasteiger partial charge in [-0.1, -0.05) is 63.1 Å². The van der Waals surface area contributed by atoms with Gasteiger partial charge in [0.15, 0.2) is 27.8 Å². The van der Waals surface area contributed by atoms with Gasteiger partial charge in [-0.15, -0.1) is 0 Å². The number of aromatic nitrogens is 1. The monoisotopic (exact) mass is 740 g/mol. The highest BCUT2D eigenvalue weighted by molar-refractivity contribution is 9.10. The molecule has 0 spiro atoms. The highest BCUT2D eigenvalue weighted by atomic mass is 79.9. The predicted molar refractivity (Wildman–Crippen MR) is 186 cm³/mol. The minimum absolute atomic E-state index is 0.167. The van der Waals surface area contributed by atoms with Crippen molar-refractivity contribution >= 4 is 50.9 Å². The molecule has 0 N–H and O–H groups in total. The average Bonchev–Trinajstić information content (AvgIpc) is 3.35. The predicted octanol–water partition coefficient (Wildman–Crippen LogP) is 6.60. The number of thiazole rings is 1. The van der Waals surface area contributed by atoms with Crippen LogP contribution in [0.1, 0.15) is 50.4 Å². The molecule has 2 heterocycles. The maximum absolute atomic E-state index is 14.2. The third kappa shape index (κ3) is 7.27. The van der Waals surface area contributed by atoms with Crippen LogP contribution in [0.4, 0.5) is 0 Å². The summed E-state index contributed by atoms with van der Waals surface area (Å²) in [5.41, 5.74) is 2.60. The largest absolute Gasteiger partial charge is 0.493 e. The number of halogens is 2. The summed E-state index contributed by atoms with van der Waals surface area (Å²) >= 11 is 11.2. The van der Waals surface area contributed by atoms with E-state index in [1.54, 1.807) is 38.1 Å². The molecule has 0 unspecified atom stereocenters. The van der Waals surface area contributed by atoms with Crippen molar-refractivity contribution in [3.63, 3.8) is 0 Å². The molecular formula is C35H34BrClN2O7S. The van der Waals surface area contributed by atoms with E-state index < -0.39 is 12.0 Å². The van der Waals surface area contributed by atoms with Crippen LogP contribution >= 0.6 is 38.9 Å². The quantitative estimate of drug-likeness (QED) is 0.151. The molecule has 1 aliphatic rings. The first-order chi connectivity index (χ1) is 22.7. The normalized spacial score (nSPS) is 14.4. The van der Waals surface area contributed by atoms with Crippen molar-refractivity contribution in [3.8, 4) is 23.0 Å². The van der Waals surface area contributed by atoms with E-state index in [0.717, 1.165) is 11.1 Å². The van der Waals surface area contributed by atoms with Crippen molar-refractivity contribution in [1.29, 1.82) is 0 Å². The Morgan fingerprint density at radius 1 is 0.979 bits per heavy atom. The van der Waals surface area contributed by atoms with E-state index in [1.807, 2.05) is 50.2 Å². The van der Waals surface area contributed by atoms with Crippen LogP contribution in [-0.2, 0) is 16.1 Å². The number of carbonyl (C=O) groups is 1. The van der Waals surface area contributed by atoms with Gasteiger partial charge in [0, 0.05) is 15.1 Å². The summed E-state index contributed by atoms with van der Waals surface area (Å²) in [6, 6.07) is 15.7. The number of benzene rings is 3. The van der Waals surface area contributed by atoms with E-state index in [2.05, 4.69) is 20.9 Å². The van der Waals surface area contributed by atoms with Gasteiger partial charge in [0.25, 0.3) is 5.56 Å². The molecule has 1 aromatic heterocycles. The molecular weight excluding hydrogens is 708 g/mol. The molecule has 0 saturated heterocycles. The maximum atomic E-state index is 14.2. The van der Waals surface area contributed by atoms with Gasteiger partial charge in [0.05, 0.1) is 48.8 Å². The lowest BCUT2D eigenvalue weighted by Crippen LogP contribution is -2.40. The number of carbonyl (C=O) groups excluding carboxylic acids is 1. The lowest BCUT2D eigenvalue weighted by atomic mass is 9.95. The second kappa shape index (κ2) is 15.2. The fourth-order valence-corrected chi connectivity index (χ4v) is 6.97. The number of nitrogens with zero attached hydrogens (tertiary/aromatic N) is 2. The molecule has 0 saturated carbocycles. The van der Waals surface area contributed by atoms with Gasteiger partial charge in [0.1, 0.15) is 6.61 Å². The number of allylic oxidation sites excluding steroid dienone is 1. The molecule has 0 fully saturated rings. The number of rotatable bonds is 12. The third-order valence-corrected chi connectivity index (χ3v) is 9.34. The van der Waals surface area contributed by atoms with Crippen LogP contribution in [0.3, 0.4) is 0 Å². The zero-order valence-electron chi connectivity index (χ0n) is 26.6. The summed E-state index contributed by atoms with van der Waals surface area (Å²) in [6.07, 6.45) is 1.78. The van der Waals surface area contributed by atoms with Gasteiger partial charge in [-0.05, 0) is 75.2 Å². The van der Waals surface area contributed by atoms with E-state index in [4.69, 9.17) is 35.3 Å². The van der Waals surface area contributed by atoms with Crippen LogP contribution in [0.25, 0.3) is 6.08 Å². The fraction of sp³-hybridized carbons (Fsp3) is 0.286. The summed E-state index contributed by atoms with van der Waals surface area (Å²) in [5, 5.41) is 0.618. The topological polar surface area (TPSA) is 97.6 Å². The van der Waals surface area contributed by atoms with Crippen LogP contribution < -0.4 is 33.8 Å². The molecule has 0 aliphatic carbocycles. The Bertz CT molecular complexity index is 2020. The molecule has 3 aromatic carbocycles. The van der Waals surface area contributed by atoms with Crippen molar-refractivity contribution in [1.82, 2.24) is 4.57 Å². The van der Waals surface area contributed by atoms with Gasteiger partial charge in [-0.25, -0.2) is 9.79 Å². The second-order valence-electron chi connectivity index (χ2n) is 10.3. The zero-order valence-corrected chi connectivity index (χ0v) is 29.8. The van der Waals surface area contributed by atoms with Crippen LogP contribution in [0.5, 0.6) is 23.0 Å². The summed E-state index contributed by atoms with van der Waals surface area (Å²) in [4.78, 5) is 32.7. The van der Waals surface area contributed by atoms with E-state index in [9.17, 15) is 9.59 Å².